The molecule has 0 spiro atoms. The highest BCUT2D eigenvalue weighted by Crippen LogP contribution is 2.43. The highest BCUT2D eigenvalue weighted by atomic mass is 79.9. The zero-order valence-corrected chi connectivity index (χ0v) is 12.8. The number of hydrogen-bond acceptors (Lipinski definition) is 0. The Morgan fingerprint density at radius 2 is 1.35 bits per heavy atom. The summed E-state index contributed by atoms with van der Waals surface area (Å²) >= 11 is 3.57. The van der Waals surface area contributed by atoms with E-state index < -0.39 is 0 Å². The second-order valence-electron chi connectivity index (χ2n) is 5.68. The topological polar surface area (TPSA) is 0 Å². The minimum absolute atomic E-state index is 0.880. The number of hydrogen-bond donors (Lipinski definition) is 0. The fourth-order valence-electron chi connectivity index (χ4n) is 3.59. The van der Waals surface area contributed by atoms with Crippen molar-refractivity contribution in [2.24, 2.45) is 0 Å². The first-order chi connectivity index (χ1) is 9.72. The normalized spacial score (nSPS) is 20.1. The molecule has 0 unspecified atom stereocenters. The first-order valence-electron chi connectivity index (χ1n) is 7.12. The van der Waals surface area contributed by atoms with Gasteiger partial charge in [-0.25, -0.2) is 0 Å². The molecule has 0 nitrogen and oxygen atoms in total. The van der Waals surface area contributed by atoms with Crippen molar-refractivity contribution in [3.63, 3.8) is 0 Å². The molecular weight excluding hydrogens is 307 g/mol. The van der Waals surface area contributed by atoms with Crippen LogP contribution >= 0.6 is 15.9 Å². The molecule has 20 heavy (non-hydrogen) atoms. The van der Waals surface area contributed by atoms with E-state index in [1.165, 1.54) is 33.1 Å². The number of aryl methyl sites for hydroxylation is 2. The van der Waals surface area contributed by atoms with Crippen LogP contribution in [0.15, 0.2) is 40.9 Å². The van der Waals surface area contributed by atoms with Crippen LogP contribution in [0.4, 0.5) is 0 Å². The molecule has 2 radical (unpaired) electrons. The van der Waals surface area contributed by atoms with Gasteiger partial charge in [0.05, 0.1) is 0 Å². The monoisotopic (exact) mass is 320 g/mol. The standard InChI is InChI=1S/C18H14BBr/c19-13-3-7-15-11(9-13)1-5-17(15)18-6-2-12-10-14(20)4-8-16(12)18/h3-4,7-10H,1-2,5-6H2/b18-17+. The van der Waals surface area contributed by atoms with Gasteiger partial charge in [-0.1, -0.05) is 45.7 Å². The van der Waals surface area contributed by atoms with Gasteiger partial charge in [-0.3, -0.25) is 0 Å². The lowest BCUT2D eigenvalue weighted by atomic mass is 9.91. The maximum absolute atomic E-state index is 5.90. The number of halogens is 1. The first-order valence-corrected chi connectivity index (χ1v) is 7.91. The first kappa shape index (κ1) is 12.5. The third-order valence-electron chi connectivity index (χ3n) is 4.50. The van der Waals surface area contributed by atoms with Crippen molar-refractivity contribution in [1.29, 1.82) is 0 Å². The molecule has 0 saturated heterocycles. The Morgan fingerprint density at radius 1 is 0.750 bits per heavy atom. The third kappa shape index (κ3) is 1.89. The summed E-state index contributed by atoms with van der Waals surface area (Å²) in [7, 11) is 5.90. The number of rotatable bonds is 0. The average molecular weight is 321 g/mol. The zero-order chi connectivity index (χ0) is 13.7. The Bertz CT molecular complexity index is 680. The highest BCUT2D eigenvalue weighted by molar-refractivity contribution is 9.10. The van der Waals surface area contributed by atoms with Crippen molar-refractivity contribution >= 4 is 40.4 Å². The Hall–Kier alpha value is -1.28. The summed E-state index contributed by atoms with van der Waals surface area (Å²) in [5.41, 5.74) is 9.74. The van der Waals surface area contributed by atoms with Gasteiger partial charge in [-0.15, -0.1) is 0 Å². The van der Waals surface area contributed by atoms with Gasteiger partial charge in [0.15, 0.2) is 0 Å². The SMILES string of the molecule is [B]c1ccc2c(c1)CC/C2=C1/CCc2cc(Br)ccc21. The molecule has 2 heteroatoms. The lowest BCUT2D eigenvalue weighted by Crippen LogP contribution is -2.02. The molecule has 2 aromatic rings. The smallest absolute Gasteiger partial charge is 0.0964 e. The number of benzene rings is 2. The van der Waals surface area contributed by atoms with E-state index in [0.717, 1.165) is 24.7 Å². The third-order valence-corrected chi connectivity index (χ3v) is 4.99. The van der Waals surface area contributed by atoms with Crippen molar-refractivity contribution in [2.45, 2.75) is 25.7 Å². The van der Waals surface area contributed by atoms with E-state index in [1.54, 1.807) is 11.1 Å². The molecule has 0 fully saturated rings. The summed E-state index contributed by atoms with van der Waals surface area (Å²) in [6, 6.07) is 13.1. The quantitative estimate of drug-likeness (QED) is 0.642. The number of allylic oxidation sites excluding steroid dienone is 2. The van der Waals surface area contributed by atoms with Crippen molar-refractivity contribution in [3.8, 4) is 0 Å². The predicted octanol–water partition coefficient (Wildman–Crippen LogP) is 4.05. The maximum Gasteiger partial charge on any atom is 0.113 e. The predicted molar refractivity (Wildman–Crippen MR) is 89.4 cm³/mol. The Labute approximate surface area is 129 Å². The van der Waals surface area contributed by atoms with Crippen LogP contribution in [0.5, 0.6) is 0 Å². The van der Waals surface area contributed by atoms with Crippen molar-refractivity contribution in [2.75, 3.05) is 0 Å². The van der Waals surface area contributed by atoms with Crippen molar-refractivity contribution in [1.82, 2.24) is 0 Å². The molecule has 4 rings (SSSR count). The molecule has 0 atom stereocenters. The van der Waals surface area contributed by atoms with Crippen LogP contribution in [-0.4, -0.2) is 7.85 Å². The molecule has 0 aliphatic heterocycles. The van der Waals surface area contributed by atoms with Crippen LogP contribution in [0.25, 0.3) is 11.1 Å². The van der Waals surface area contributed by atoms with Crippen LogP contribution in [0.1, 0.15) is 35.1 Å². The van der Waals surface area contributed by atoms with Gasteiger partial charge < -0.3 is 0 Å². The lowest BCUT2D eigenvalue weighted by molar-refractivity contribution is 1.06. The molecule has 0 amide bonds. The van der Waals surface area contributed by atoms with E-state index in [0.29, 0.717) is 0 Å². The van der Waals surface area contributed by atoms with Gasteiger partial charge in [0.2, 0.25) is 0 Å². The van der Waals surface area contributed by atoms with Gasteiger partial charge in [-0.05, 0) is 71.2 Å². The fraction of sp³-hybridized carbons (Fsp3) is 0.222. The van der Waals surface area contributed by atoms with Crippen LogP contribution in [0.3, 0.4) is 0 Å². The van der Waals surface area contributed by atoms with Crippen LogP contribution in [-0.2, 0) is 12.8 Å². The van der Waals surface area contributed by atoms with Gasteiger partial charge in [0.1, 0.15) is 7.85 Å². The van der Waals surface area contributed by atoms with Crippen LogP contribution in [0.2, 0.25) is 0 Å². The fourth-order valence-corrected chi connectivity index (χ4v) is 4.00. The zero-order valence-electron chi connectivity index (χ0n) is 11.2. The summed E-state index contributed by atoms with van der Waals surface area (Å²) in [4.78, 5) is 0. The van der Waals surface area contributed by atoms with Gasteiger partial charge in [0.25, 0.3) is 0 Å². The van der Waals surface area contributed by atoms with E-state index in [1.807, 2.05) is 6.07 Å². The van der Waals surface area contributed by atoms with Gasteiger partial charge in [0, 0.05) is 4.47 Å². The Balaban J connectivity index is 1.88. The molecule has 0 bridgehead atoms. The van der Waals surface area contributed by atoms with Gasteiger partial charge in [-0.2, -0.15) is 0 Å². The van der Waals surface area contributed by atoms with Crippen LogP contribution in [0, 0.1) is 0 Å². The van der Waals surface area contributed by atoms with E-state index >= 15 is 0 Å². The summed E-state index contributed by atoms with van der Waals surface area (Å²) in [5, 5.41) is 0. The molecule has 96 valence electrons. The van der Waals surface area contributed by atoms with Gasteiger partial charge >= 0.3 is 0 Å². The molecular formula is C18H14BBr. The maximum atomic E-state index is 5.90. The van der Waals surface area contributed by atoms with E-state index in [-0.39, 0.29) is 0 Å². The van der Waals surface area contributed by atoms with E-state index in [9.17, 15) is 0 Å². The summed E-state index contributed by atoms with van der Waals surface area (Å²) in [6.45, 7) is 0. The van der Waals surface area contributed by atoms with E-state index in [4.69, 9.17) is 7.85 Å². The van der Waals surface area contributed by atoms with Crippen LogP contribution < -0.4 is 5.46 Å². The summed E-state index contributed by atoms with van der Waals surface area (Å²) in [6.07, 6.45) is 4.62. The van der Waals surface area contributed by atoms with Crippen molar-refractivity contribution < 1.29 is 0 Å². The second kappa shape index (κ2) is 4.63. The summed E-state index contributed by atoms with van der Waals surface area (Å²) in [5.74, 6) is 0. The Kier molecular flexibility index (Phi) is 2.89. The molecule has 2 aliphatic rings. The minimum Gasteiger partial charge on any atom is -0.0964 e. The van der Waals surface area contributed by atoms with E-state index in [2.05, 4.69) is 46.3 Å². The minimum atomic E-state index is 0.880. The second-order valence-corrected chi connectivity index (χ2v) is 6.59. The number of fused-ring (bicyclic) bond motifs is 2. The lowest BCUT2D eigenvalue weighted by Gasteiger charge is -2.09. The highest BCUT2D eigenvalue weighted by Gasteiger charge is 2.24. The molecule has 2 aromatic carbocycles. The largest absolute Gasteiger partial charge is 0.113 e. The summed E-state index contributed by atoms with van der Waals surface area (Å²) < 4.78 is 1.18. The average Bonchev–Trinajstić information content (AvgIpc) is 3.01. The molecule has 0 aromatic heterocycles. The molecule has 0 N–H and O–H groups in total. The molecule has 2 aliphatic carbocycles. The Morgan fingerprint density at radius 3 is 2.05 bits per heavy atom. The van der Waals surface area contributed by atoms with Crippen molar-refractivity contribution in [3.05, 3.63) is 63.1 Å². The molecule has 0 heterocycles. The molecule has 0 saturated carbocycles.